The third kappa shape index (κ3) is 2.13. The molecule has 0 bridgehead atoms. The van der Waals surface area contributed by atoms with Crippen molar-refractivity contribution in [2.75, 3.05) is 6.61 Å². The van der Waals surface area contributed by atoms with Crippen LogP contribution < -0.4 is 0 Å². The zero-order valence-electron chi connectivity index (χ0n) is 11.9. The van der Waals surface area contributed by atoms with Gasteiger partial charge in [0.15, 0.2) is 6.23 Å². The molecule has 0 aliphatic carbocycles. The number of aliphatic hydroxyl groups excluding tert-OH is 3. The van der Waals surface area contributed by atoms with Crippen LogP contribution in [0.2, 0.25) is 0 Å². The van der Waals surface area contributed by atoms with E-state index in [4.69, 9.17) is 4.74 Å². The van der Waals surface area contributed by atoms with Gasteiger partial charge in [0.25, 0.3) is 0 Å². The average Bonchev–Trinajstić information content (AvgIpc) is 3.28. The molecule has 0 spiro atoms. The summed E-state index contributed by atoms with van der Waals surface area (Å²) in [5.41, 5.74) is 1.98. The van der Waals surface area contributed by atoms with Crippen molar-refractivity contribution in [1.29, 1.82) is 0 Å². The number of rotatable bonds is 3. The van der Waals surface area contributed by atoms with E-state index in [0.717, 1.165) is 11.1 Å². The fourth-order valence-corrected chi connectivity index (χ4v) is 2.89. The number of fused-ring (bicyclic) bond motifs is 1. The lowest BCUT2D eigenvalue weighted by Gasteiger charge is -2.17. The second kappa shape index (κ2) is 5.39. The van der Waals surface area contributed by atoms with Crippen molar-refractivity contribution in [2.45, 2.75) is 24.5 Å². The zero-order chi connectivity index (χ0) is 16.0. The number of imidazole rings is 1. The summed E-state index contributed by atoms with van der Waals surface area (Å²) < 4.78 is 7.18. The monoisotopic (exact) mass is 317 g/mol. The summed E-state index contributed by atoms with van der Waals surface area (Å²) >= 11 is 0. The molecule has 3 aromatic heterocycles. The smallest absolute Gasteiger partial charge is 0.164 e. The normalized spacial score (nSPS) is 27.8. The summed E-state index contributed by atoms with van der Waals surface area (Å²) in [5, 5.41) is 30.1. The third-order valence-corrected chi connectivity index (χ3v) is 4.05. The van der Waals surface area contributed by atoms with Gasteiger partial charge in [0.2, 0.25) is 0 Å². The molecule has 9 nitrogen and oxygen atoms in total. The van der Waals surface area contributed by atoms with Crippen molar-refractivity contribution in [3.05, 3.63) is 31.1 Å². The molecule has 1 fully saturated rings. The first-order valence-electron chi connectivity index (χ1n) is 7.13. The molecule has 0 amide bonds. The van der Waals surface area contributed by atoms with E-state index in [0.29, 0.717) is 11.3 Å². The standard InChI is InChI=1S/C14H15N5O4/c20-4-9-11(21)12(22)14(23-9)19-2-1-7-10(8-3-15-5-16-8)17-6-18-13(7)19/h1-3,5-6,9,11-12,14,20-22H,4H2,(H,15,16)/t9-,11-,12?,14-/m1/s1. The van der Waals surface area contributed by atoms with Gasteiger partial charge in [-0.25, -0.2) is 15.0 Å². The number of hydrogen-bond donors (Lipinski definition) is 4. The van der Waals surface area contributed by atoms with Crippen molar-refractivity contribution >= 4 is 11.0 Å². The molecule has 4 atom stereocenters. The maximum atomic E-state index is 10.2. The lowest BCUT2D eigenvalue weighted by Crippen LogP contribution is -2.33. The molecular formula is C14H15N5O4. The van der Waals surface area contributed by atoms with Gasteiger partial charge in [0.05, 0.1) is 24.8 Å². The molecule has 0 aromatic carbocycles. The second-order valence-corrected chi connectivity index (χ2v) is 5.38. The number of nitrogens with zero attached hydrogens (tertiary/aromatic N) is 4. The van der Waals surface area contributed by atoms with E-state index in [9.17, 15) is 15.3 Å². The Morgan fingerprint density at radius 1 is 1.26 bits per heavy atom. The molecule has 4 heterocycles. The van der Waals surface area contributed by atoms with Crippen LogP contribution in [0.25, 0.3) is 22.4 Å². The van der Waals surface area contributed by atoms with E-state index in [1.807, 2.05) is 0 Å². The van der Waals surface area contributed by atoms with Gasteiger partial charge in [-0.1, -0.05) is 0 Å². The first-order valence-corrected chi connectivity index (χ1v) is 7.13. The highest BCUT2D eigenvalue weighted by Gasteiger charge is 2.43. The molecule has 4 rings (SSSR count). The molecule has 3 aromatic rings. The molecule has 1 unspecified atom stereocenters. The van der Waals surface area contributed by atoms with Crippen LogP contribution in [0.3, 0.4) is 0 Å². The van der Waals surface area contributed by atoms with Crippen LogP contribution in [0.4, 0.5) is 0 Å². The minimum atomic E-state index is -1.16. The van der Waals surface area contributed by atoms with Gasteiger partial charge in [0, 0.05) is 11.6 Å². The van der Waals surface area contributed by atoms with Crippen LogP contribution in [0.1, 0.15) is 6.23 Å². The van der Waals surface area contributed by atoms with Crippen LogP contribution in [-0.2, 0) is 4.74 Å². The molecule has 0 radical (unpaired) electrons. The highest BCUT2D eigenvalue weighted by Crippen LogP contribution is 2.33. The number of nitrogens with one attached hydrogen (secondary N) is 1. The SMILES string of the molecule is OC[C@H]1O[C@@H](n2ccc3c(-c4cnc[nH]4)ncnc32)C(O)[C@@H]1O. The molecular weight excluding hydrogens is 302 g/mol. The number of aromatic amines is 1. The largest absolute Gasteiger partial charge is 0.394 e. The molecule has 0 saturated carbocycles. The third-order valence-electron chi connectivity index (χ3n) is 4.05. The van der Waals surface area contributed by atoms with E-state index in [-0.39, 0.29) is 6.61 Å². The minimum Gasteiger partial charge on any atom is -0.394 e. The summed E-state index contributed by atoms with van der Waals surface area (Å²) in [6.45, 7) is -0.373. The number of hydrogen-bond acceptors (Lipinski definition) is 7. The summed E-state index contributed by atoms with van der Waals surface area (Å²) in [7, 11) is 0. The lowest BCUT2D eigenvalue weighted by molar-refractivity contribution is -0.0508. The molecule has 23 heavy (non-hydrogen) atoms. The predicted molar refractivity (Wildman–Crippen MR) is 78.1 cm³/mol. The van der Waals surface area contributed by atoms with Gasteiger partial charge in [-0.3, -0.25) is 0 Å². The molecule has 1 aliphatic rings. The van der Waals surface area contributed by atoms with Crippen molar-refractivity contribution in [1.82, 2.24) is 24.5 Å². The predicted octanol–water partition coefficient (Wildman–Crippen LogP) is -0.567. The van der Waals surface area contributed by atoms with Gasteiger partial charge >= 0.3 is 0 Å². The maximum Gasteiger partial charge on any atom is 0.164 e. The number of aromatic nitrogens is 5. The molecule has 1 aliphatic heterocycles. The lowest BCUT2D eigenvalue weighted by atomic mass is 10.1. The van der Waals surface area contributed by atoms with E-state index in [2.05, 4.69) is 19.9 Å². The Morgan fingerprint density at radius 3 is 2.83 bits per heavy atom. The Kier molecular flexibility index (Phi) is 3.34. The van der Waals surface area contributed by atoms with Gasteiger partial charge in [-0.15, -0.1) is 0 Å². The van der Waals surface area contributed by atoms with Crippen molar-refractivity contribution in [3.63, 3.8) is 0 Å². The number of ether oxygens (including phenoxy) is 1. The van der Waals surface area contributed by atoms with Crippen LogP contribution in [-0.4, -0.2) is 64.7 Å². The fraction of sp³-hybridized carbons (Fsp3) is 0.357. The Balaban J connectivity index is 1.80. The number of H-pyrrole nitrogens is 1. The Morgan fingerprint density at radius 2 is 2.13 bits per heavy atom. The maximum absolute atomic E-state index is 10.2. The summed E-state index contributed by atoms with van der Waals surface area (Å²) in [6, 6.07) is 1.81. The topological polar surface area (TPSA) is 129 Å². The van der Waals surface area contributed by atoms with Crippen molar-refractivity contribution in [2.24, 2.45) is 0 Å². The summed E-state index contributed by atoms with van der Waals surface area (Å²) in [6.07, 6.45) is 2.36. The number of aliphatic hydroxyl groups is 3. The molecule has 1 saturated heterocycles. The summed E-state index contributed by atoms with van der Waals surface area (Å²) in [5.74, 6) is 0. The molecule has 9 heteroatoms. The Bertz CT molecular complexity index is 818. The first-order chi connectivity index (χ1) is 11.2. The van der Waals surface area contributed by atoms with Gasteiger partial charge in [-0.05, 0) is 6.07 Å². The van der Waals surface area contributed by atoms with E-state index in [1.54, 1.807) is 29.4 Å². The quantitative estimate of drug-likeness (QED) is 0.509. The highest BCUT2D eigenvalue weighted by atomic mass is 16.6. The average molecular weight is 317 g/mol. The molecule has 120 valence electrons. The highest BCUT2D eigenvalue weighted by molar-refractivity contribution is 5.89. The van der Waals surface area contributed by atoms with Gasteiger partial charge < -0.3 is 29.6 Å². The van der Waals surface area contributed by atoms with Crippen molar-refractivity contribution in [3.8, 4) is 11.4 Å². The second-order valence-electron chi connectivity index (χ2n) is 5.38. The zero-order valence-corrected chi connectivity index (χ0v) is 11.9. The van der Waals surface area contributed by atoms with Gasteiger partial charge in [0.1, 0.15) is 36.0 Å². The van der Waals surface area contributed by atoms with E-state index >= 15 is 0 Å². The molecule has 4 N–H and O–H groups in total. The van der Waals surface area contributed by atoms with Crippen molar-refractivity contribution < 1.29 is 20.1 Å². The van der Waals surface area contributed by atoms with Crippen LogP contribution >= 0.6 is 0 Å². The fourth-order valence-electron chi connectivity index (χ4n) is 2.89. The van der Waals surface area contributed by atoms with Crippen LogP contribution in [0.5, 0.6) is 0 Å². The minimum absolute atomic E-state index is 0.373. The van der Waals surface area contributed by atoms with Gasteiger partial charge in [-0.2, -0.15) is 0 Å². The van der Waals surface area contributed by atoms with Crippen LogP contribution in [0, 0.1) is 0 Å². The van der Waals surface area contributed by atoms with E-state index < -0.39 is 24.5 Å². The van der Waals surface area contributed by atoms with E-state index in [1.165, 1.54) is 6.33 Å². The Hall–Kier alpha value is -2.33. The first kappa shape index (κ1) is 14.3. The Labute approximate surface area is 130 Å². The van der Waals surface area contributed by atoms with Crippen LogP contribution in [0.15, 0.2) is 31.1 Å². The summed E-state index contributed by atoms with van der Waals surface area (Å²) in [4.78, 5) is 15.5.